The first-order chi connectivity index (χ1) is 13.2. The summed E-state index contributed by atoms with van der Waals surface area (Å²) in [6, 6.07) is 18.7. The van der Waals surface area contributed by atoms with Crippen LogP contribution in [0, 0.1) is 0 Å². The number of aromatic amines is 1. The molecule has 1 N–H and O–H groups in total. The number of H-pyrrole nitrogens is 1. The van der Waals surface area contributed by atoms with Crippen LogP contribution in [0.25, 0.3) is 11.3 Å². The van der Waals surface area contributed by atoms with Crippen molar-refractivity contribution in [1.82, 2.24) is 14.9 Å². The van der Waals surface area contributed by atoms with Gasteiger partial charge in [0.25, 0.3) is 11.5 Å². The Morgan fingerprint density at radius 2 is 1.81 bits per heavy atom. The fraction of sp³-hybridized carbons (Fsp3) is 0.227. The van der Waals surface area contributed by atoms with Crippen molar-refractivity contribution in [3.8, 4) is 11.3 Å². The molecule has 1 saturated heterocycles. The summed E-state index contributed by atoms with van der Waals surface area (Å²) in [7, 11) is 0. The summed E-state index contributed by atoms with van der Waals surface area (Å²) in [5.41, 5.74) is 2.32. The van der Waals surface area contributed by atoms with E-state index in [4.69, 9.17) is 0 Å². The Hall–Kier alpha value is -3.21. The van der Waals surface area contributed by atoms with E-state index in [1.807, 2.05) is 48.5 Å². The quantitative estimate of drug-likeness (QED) is 0.773. The minimum Gasteiger partial charge on any atom is -0.330 e. The lowest BCUT2D eigenvalue weighted by molar-refractivity contribution is 0.0604. The van der Waals surface area contributed by atoms with E-state index in [9.17, 15) is 9.59 Å². The number of carbonyl (C=O) groups is 1. The molecule has 1 fully saturated rings. The molecule has 5 heteroatoms. The van der Waals surface area contributed by atoms with E-state index >= 15 is 0 Å². The van der Waals surface area contributed by atoms with Crippen molar-refractivity contribution in [2.24, 2.45) is 0 Å². The Balaban J connectivity index is 1.64. The van der Waals surface area contributed by atoms with Crippen molar-refractivity contribution >= 4 is 5.91 Å². The van der Waals surface area contributed by atoms with Crippen molar-refractivity contribution in [2.45, 2.75) is 25.3 Å². The van der Waals surface area contributed by atoms with E-state index in [1.165, 1.54) is 0 Å². The first-order valence-corrected chi connectivity index (χ1v) is 9.25. The number of nitrogens with one attached hydrogen (secondary N) is 1. The Bertz CT molecular complexity index is 983. The monoisotopic (exact) mass is 359 g/mol. The van der Waals surface area contributed by atoms with Crippen LogP contribution in [0.5, 0.6) is 0 Å². The van der Waals surface area contributed by atoms with Crippen molar-refractivity contribution < 1.29 is 4.79 Å². The van der Waals surface area contributed by atoms with Gasteiger partial charge in [-0.15, -0.1) is 0 Å². The number of benzene rings is 1. The van der Waals surface area contributed by atoms with E-state index in [-0.39, 0.29) is 23.1 Å². The molecule has 4 rings (SSSR count). The van der Waals surface area contributed by atoms with Gasteiger partial charge in [-0.05, 0) is 49.1 Å². The van der Waals surface area contributed by atoms with Crippen LogP contribution in [0.1, 0.15) is 41.4 Å². The highest BCUT2D eigenvalue weighted by molar-refractivity contribution is 5.94. The van der Waals surface area contributed by atoms with Gasteiger partial charge in [0.2, 0.25) is 0 Å². The molecule has 136 valence electrons. The second-order valence-corrected chi connectivity index (χ2v) is 6.75. The van der Waals surface area contributed by atoms with Gasteiger partial charge in [-0.3, -0.25) is 14.6 Å². The lowest BCUT2D eigenvalue weighted by Crippen LogP contribution is -2.41. The summed E-state index contributed by atoms with van der Waals surface area (Å²) >= 11 is 0. The summed E-state index contributed by atoms with van der Waals surface area (Å²) in [4.78, 5) is 34.8. The number of nitrogens with zero attached hydrogens (tertiary/aromatic N) is 2. The maximum atomic E-state index is 13.1. The maximum absolute atomic E-state index is 13.1. The predicted molar refractivity (Wildman–Crippen MR) is 104 cm³/mol. The normalized spacial score (nSPS) is 16.9. The zero-order valence-corrected chi connectivity index (χ0v) is 15.0. The average Bonchev–Trinajstić information content (AvgIpc) is 2.74. The summed E-state index contributed by atoms with van der Waals surface area (Å²) in [5, 5.41) is 0. The van der Waals surface area contributed by atoms with Crippen LogP contribution in [0.3, 0.4) is 0 Å². The molecule has 0 spiro atoms. The molecule has 2 aromatic heterocycles. The third-order valence-electron chi connectivity index (χ3n) is 5.02. The number of pyridine rings is 2. The fourth-order valence-electron chi connectivity index (χ4n) is 3.64. The third kappa shape index (κ3) is 3.53. The summed E-state index contributed by atoms with van der Waals surface area (Å²) in [6.45, 7) is 0.639. The van der Waals surface area contributed by atoms with E-state index < -0.39 is 0 Å². The molecule has 3 aromatic rings. The number of carbonyl (C=O) groups excluding carboxylic acids is 1. The highest BCUT2D eigenvalue weighted by Gasteiger charge is 2.30. The van der Waals surface area contributed by atoms with Gasteiger partial charge in [0.1, 0.15) is 5.56 Å². The van der Waals surface area contributed by atoms with Gasteiger partial charge in [0, 0.05) is 18.4 Å². The Morgan fingerprint density at radius 3 is 2.56 bits per heavy atom. The van der Waals surface area contributed by atoms with Gasteiger partial charge in [-0.1, -0.05) is 36.4 Å². The molecule has 5 nitrogen and oxygen atoms in total. The van der Waals surface area contributed by atoms with Crippen molar-refractivity contribution in [3.05, 3.63) is 88.5 Å². The molecule has 1 aromatic carbocycles. The molecule has 0 saturated carbocycles. The number of likely N-dealkylation sites (tertiary alicyclic amines) is 1. The zero-order chi connectivity index (χ0) is 18.6. The van der Waals surface area contributed by atoms with Crippen LogP contribution in [0.15, 0.2) is 71.7 Å². The molecule has 0 aliphatic carbocycles. The van der Waals surface area contributed by atoms with Gasteiger partial charge in [0.15, 0.2) is 0 Å². The van der Waals surface area contributed by atoms with Crippen LogP contribution in [0.2, 0.25) is 0 Å². The molecule has 0 radical (unpaired) electrons. The standard InChI is InChI=1S/C22H21N3O2/c26-21-17(12-13-18(24-21)16-8-2-1-3-9-16)22(27)25-15-7-5-11-20(25)19-10-4-6-14-23-19/h1-4,6,8-10,12-14,20H,5,7,11,15H2,(H,24,26). The number of rotatable bonds is 3. The van der Waals surface area contributed by atoms with Crippen LogP contribution in [0.4, 0.5) is 0 Å². The van der Waals surface area contributed by atoms with Crippen LogP contribution in [-0.2, 0) is 0 Å². The van der Waals surface area contributed by atoms with Crippen molar-refractivity contribution in [2.75, 3.05) is 6.54 Å². The second kappa shape index (κ2) is 7.58. The Morgan fingerprint density at radius 1 is 1.00 bits per heavy atom. The molecule has 1 aliphatic heterocycles. The molecule has 1 atom stereocenters. The molecule has 0 bridgehead atoms. The minimum atomic E-state index is -0.355. The van der Waals surface area contributed by atoms with Crippen LogP contribution >= 0.6 is 0 Å². The molecule has 27 heavy (non-hydrogen) atoms. The van der Waals surface area contributed by atoms with E-state index in [0.717, 1.165) is 30.5 Å². The Kier molecular flexibility index (Phi) is 4.83. The third-order valence-corrected chi connectivity index (χ3v) is 5.02. The SMILES string of the molecule is O=C(c1ccc(-c2ccccc2)[nH]c1=O)N1CCCCC1c1ccccn1. The lowest BCUT2D eigenvalue weighted by Gasteiger charge is -2.35. The minimum absolute atomic E-state index is 0.0827. The first-order valence-electron chi connectivity index (χ1n) is 9.25. The highest BCUT2D eigenvalue weighted by Crippen LogP contribution is 2.30. The predicted octanol–water partition coefficient (Wildman–Crippen LogP) is 3.80. The number of amides is 1. The number of hydrogen-bond acceptors (Lipinski definition) is 3. The number of hydrogen-bond donors (Lipinski definition) is 1. The fourth-order valence-corrected chi connectivity index (χ4v) is 3.64. The smallest absolute Gasteiger partial charge is 0.261 e. The van der Waals surface area contributed by atoms with Crippen LogP contribution < -0.4 is 5.56 Å². The first kappa shape index (κ1) is 17.2. The zero-order valence-electron chi connectivity index (χ0n) is 15.0. The largest absolute Gasteiger partial charge is 0.330 e. The van der Waals surface area contributed by atoms with Gasteiger partial charge in [-0.2, -0.15) is 0 Å². The van der Waals surface area contributed by atoms with Gasteiger partial charge in [-0.25, -0.2) is 0 Å². The molecule has 1 unspecified atom stereocenters. The van der Waals surface area contributed by atoms with E-state index in [1.54, 1.807) is 23.2 Å². The molecular weight excluding hydrogens is 338 g/mol. The van der Waals surface area contributed by atoms with E-state index in [2.05, 4.69) is 9.97 Å². The number of aromatic nitrogens is 2. The molecule has 3 heterocycles. The maximum Gasteiger partial charge on any atom is 0.261 e. The Labute approximate surface area is 157 Å². The topological polar surface area (TPSA) is 66.1 Å². The summed E-state index contributed by atoms with van der Waals surface area (Å²) in [5.74, 6) is -0.230. The highest BCUT2D eigenvalue weighted by atomic mass is 16.2. The number of piperidine rings is 1. The lowest BCUT2D eigenvalue weighted by atomic mass is 9.97. The average molecular weight is 359 g/mol. The van der Waals surface area contributed by atoms with Crippen molar-refractivity contribution in [3.63, 3.8) is 0 Å². The molecular formula is C22H21N3O2. The van der Waals surface area contributed by atoms with E-state index in [0.29, 0.717) is 12.2 Å². The van der Waals surface area contributed by atoms with Gasteiger partial charge < -0.3 is 9.88 Å². The summed E-state index contributed by atoms with van der Waals surface area (Å²) in [6.07, 6.45) is 4.60. The van der Waals surface area contributed by atoms with Crippen LogP contribution in [-0.4, -0.2) is 27.3 Å². The van der Waals surface area contributed by atoms with Crippen molar-refractivity contribution in [1.29, 1.82) is 0 Å². The van der Waals surface area contributed by atoms with Gasteiger partial charge in [0.05, 0.1) is 11.7 Å². The molecule has 1 amide bonds. The second-order valence-electron chi connectivity index (χ2n) is 6.75. The summed E-state index contributed by atoms with van der Waals surface area (Å²) < 4.78 is 0. The molecule has 1 aliphatic rings. The van der Waals surface area contributed by atoms with Gasteiger partial charge >= 0.3 is 0 Å².